The van der Waals surface area contributed by atoms with Crippen molar-refractivity contribution in [3.63, 3.8) is 0 Å². The fourth-order valence-corrected chi connectivity index (χ4v) is 3.42. The summed E-state index contributed by atoms with van der Waals surface area (Å²) in [5, 5.41) is 0. The van der Waals surface area contributed by atoms with Crippen molar-refractivity contribution in [2.24, 2.45) is 0 Å². The van der Waals surface area contributed by atoms with Gasteiger partial charge in [0.2, 0.25) is 0 Å². The van der Waals surface area contributed by atoms with Gasteiger partial charge in [0, 0.05) is 0 Å². The summed E-state index contributed by atoms with van der Waals surface area (Å²) in [6.07, 6.45) is -4.74. The zero-order valence-corrected chi connectivity index (χ0v) is 10.9. The van der Waals surface area contributed by atoms with Gasteiger partial charge in [-0.05, 0) is 18.2 Å². The number of hydrogen-bond acceptors (Lipinski definition) is 2. The van der Waals surface area contributed by atoms with Gasteiger partial charge in [-0.2, -0.15) is 13.2 Å². The minimum Gasteiger partial charge on any atom is -0.224 e. The lowest BCUT2D eigenvalue weighted by Crippen LogP contribution is -2.30. The fourth-order valence-electron chi connectivity index (χ4n) is 1.05. The van der Waals surface area contributed by atoms with Gasteiger partial charge in [0.15, 0.2) is 21.5 Å². The van der Waals surface area contributed by atoms with Crippen LogP contribution in [0.2, 0.25) is 0 Å². The summed E-state index contributed by atoms with van der Waals surface area (Å²) < 4.78 is 85.0. The van der Waals surface area contributed by atoms with Crippen LogP contribution in [0.15, 0.2) is 23.1 Å². The molecule has 0 amide bonds. The molecule has 2 nitrogen and oxygen atoms in total. The minimum absolute atomic E-state index is 0.348. The predicted molar refractivity (Wildman–Crippen MR) is 57.2 cm³/mol. The molecule has 9 heteroatoms. The van der Waals surface area contributed by atoms with E-state index in [9.17, 15) is 30.4 Å². The van der Waals surface area contributed by atoms with Crippen molar-refractivity contribution < 1.29 is 30.4 Å². The molecule has 1 atom stereocenters. The van der Waals surface area contributed by atoms with E-state index in [-0.39, 0.29) is 0 Å². The Labute approximate surface area is 108 Å². The SMILES string of the molecule is O=S(=O)(CC(Br)C(F)(F)F)c1ccc(F)c(F)c1. The third kappa shape index (κ3) is 3.64. The van der Waals surface area contributed by atoms with Gasteiger partial charge in [0.25, 0.3) is 0 Å². The molecule has 0 saturated heterocycles. The number of alkyl halides is 4. The Hall–Kier alpha value is -0.700. The van der Waals surface area contributed by atoms with Crippen LogP contribution in [0, 0.1) is 11.6 Å². The molecule has 0 aliphatic heterocycles. The molecule has 0 radical (unpaired) electrons. The summed E-state index contributed by atoms with van der Waals surface area (Å²) >= 11 is 2.19. The monoisotopic (exact) mass is 352 g/mol. The molecule has 0 aliphatic rings. The van der Waals surface area contributed by atoms with E-state index in [2.05, 4.69) is 15.9 Å². The van der Waals surface area contributed by atoms with Crippen LogP contribution in [-0.4, -0.2) is 25.2 Å². The average molecular weight is 353 g/mol. The Kier molecular flexibility index (Phi) is 4.37. The Morgan fingerprint density at radius 2 is 1.72 bits per heavy atom. The molecule has 0 saturated carbocycles. The Morgan fingerprint density at radius 3 is 2.17 bits per heavy atom. The van der Waals surface area contributed by atoms with Crippen molar-refractivity contribution in [1.29, 1.82) is 0 Å². The van der Waals surface area contributed by atoms with E-state index in [1.54, 1.807) is 0 Å². The molecule has 1 rings (SSSR count). The molecule has 1 aromatic rings. The maximum atomic E-state index is 12.8. The van der Waals surface area contributed by atoms with Crippen LogP contribution in [0.1, 0.15) is 0 Å². The summed E-state index contributed by atoms with van der Waals surface area (Å²) in [4.78, 5) is -2.97. The number of benzene rings is 1. The fraction of sp³-hybridized carbons (Fsp3) is 0.333. The highest BCUT2D eigenvalue weighted by Crippen LogP contribution is 2.29. The first kappa shape index (κ1) is 15.4. The normalized spacial score (nSPS) is 14.6. The quantitative estimate of drug-likeness (QED) is 0.476. The van der Waals surface area contributed by atoms with Gasteiger partial charge < -0.3 is 0 Å². The second kappa shape index (κ2) is 5.12. The average Bonchev–Trinajstić information content (AvgIpc) is 2.19. The first-order valence-corrected chi connectivity index (χ1v) is 6.99. The molecule has 0 aliphatic carbocycles. The maximum Gasteiger partial charge on any atom is 0.402 e. The smallest absolute Gasteiger partial charge is 0.224 e. The number of sulfone groups is 1. The Balaban J connectivity index is 3.04. The van der Waals surface area contributed by atoms with Crippen molar-refractivity contribution in [1.82, 2.24) is 0 Å². The van der Waals surface area contributed by atoms with Crippen LogP contribution >= 0.6 is 15.9 Å². The summed E-state index contributed by atoms with van der Waals surface area (Å²) in [7, 11) is -4.36. The molecule has 0 fully saturated rings. The molecule has 0 heterocycles. The largest absolute Gasteiger partial charge is 0.402 e. The summed E-state index contributed by atoms with van der Waals surface area (Å²) in [6.45, 7) is 0. The lowest BCUT2D eigenvalue weighted by molar-refractivity contribution is -0.123. The van der Waals surface area contributed by atoms with E-state index in [0.29, 0.717) is 18.2 Å². The summed E-state index contributed by atoms with van der Waals surface area (Å²) in [5.41, 5.74) is 0. The van der Waals surface area contributed by atoms with Gasteiger partial charge in [-0.25, -0.2) is 17.2 Å². The van der Waals surface area contributed by atoms with Gasteiger partial charge in [-0.1, -0.05) is 15.9 Å². The van der Waals surface area contributed by atoms with Crippen LogP contribution in [0.4, 0.5) is 22.0 Å². The topological polar surface area (TPSA) is 34.1 Å². The van der Waals surface area contributed by atoms with E-state index in [1.165, 1.54) is 0 Å². The first-order valence-electron chi connectivity index (χ1n) is 4.42. The lowest BCUT2D eigenvalue weighted by Gasteiger charge is -2.14. The number of rotatable bonds is 3. The van der Waals surface area contributed by atoms with E-state index in [4.69, 9.17) is 0 Å². The molecule has 0 bridgehead atoms. The van der Waals surface area contributed by atoms with Gasteiger partial charge in [0.1, 0.15) is 4.83 Å². The first-order chi connectivity index (χ1) is 8.04. The molecule has 102 valence electrons. The zero-order valence-electron chi connectivity index (χ0n) is 8.51. The van der Waals surface area contributed by atoms with Gasteiger partial charge in [-0.15, -0.1) is 0 Å². The van der Waals surface area contributed by atoms with Gasteiger partial charge >= 0.3 is 6.18 Å². The zero-order chi connectivity index (χ0) is 14.1. The van der Waals surface area contributed by atoms with Gasteiger partial charge in [0.05, 0.1) is 10.6 Å². The molecular weight excluding hydrogens is 347 g/mol. The Bertz CT molecular complexity index is 540. The summed E-state index contributed by atoms with van der Waals surface area (Å²) in [6, 6.07) is 1.60. The molecule has 0 spiro atoms. The molecule has 1 unspecified atom stereocenters. The van der Waals surface area contributed by atoms with Crippen molar-refractivity contribution >= 4 is 25.8 Å². The van der Waals surface area contributed by atoms with Crippen LogP contribution in [0.3, 0.4) is 0 Å². The minimum atomic E-state index is -4.74. The lowest BCUT2D eigenvalue weighted by atomic mass is 10.3. The third-order valence-electron chi connectivity index (χ3n) is 1.97. The van der Waals surface area contributed by atoms with Crippen LogP contribution in [-0.2, 0) is 9.84 Å². The van der Waals surface area contributed by atoms with Gasteiger partial charge in [-0.3, -0.25) is 0 Å². The van der Waals surface area contributed by atoms with Crippen LogP contribution in [0.25, 0.3) is 0 Å². The molecule has 18 heavy (non-hydrogen) atoms. The van der Waals surface area contributed by atoms with Crippen molar-refractivity contribution in [2.45, 2.75) is 15.9 Å². The maximum absolute atomic E-state index is 12.8. The highest BCUT2D eigenvalue weighted by atomic mass is 79.9. The molecular formula is C9H6BrF5O2S. The standard InChI is InChI=1S/C9H6BrF5O2S/c10-8(9(13,14)15)4-18(16,17)5-1-2-6(11)7(12)3-5/h1-3,8H,4H2. The Morgan fingerprint density at radius 1 is 1.17 bits per heavy atom. The highest BCUT2D eigenvalue weighted by molar-refractivity contribution is 9.09. The van der Waals surface area contributed by atoms with E-state index in [0.717, 1.165) is 0 Å². The number of halogens is 6. The molecule has 0 N–H and O–H groups in total. The predicted octanol–water partition coefficient (Wildman–Crippen LogP) is 3.06. The number of hydrogen-bond donors (Lipinski definition) is 0. The summed E-state index contributed by atoms with van der Waals surface area (Å²) in [5.74, 6) is -4.00. The second-order valence-corrected chi connectivity index (χ2v) is 6.51. The van der Waals surface area contributed by atoms with E-state index >= 15 is 0 Å². The second-order valence-electron chi connectivity index (χ2n) is 3.37. The highest BCUT2D eigenvalue weighted by Gasteiger charge is 2.41. The van der Waals surface area contributed by atoms with Crippen LogP contribution < -0.4 is 0 Å². The van der Waals surface area contributed by atoms with E-state index in [1.807, 2.05) is 0 Å². The van der Waals surface area contributed by atoms with Crippen molar-refractivity contribution in [3.8, 4) is 0 Å². The van der Waals surface area contributed by atoms with Crippen molar-refractivity contribution in [3.05, 3.63) is 29.8 Å². The third-order valence-corrected chi connectivity index (χ3v) is 4.99. The van der Waals surface area contributed by atoms with E-state index < -0.39 is 43.1 Å². The van der Waals surface area contributed by atoms with Crippen LogP contribution in [0.5, 0.6) is 0 Å². The molecule has 1 aromatic carbocycles. The van der Waals surface area contributed by atoms with Crippen molar-refractivity contribution in [2.75, 3.05) is 5.75 Å². The molecule has 0 aromatic heterocycles.